The molecule has 2 aliphatic heterocycles. The Morgan fingerprint density at radius 2 is 1.59 bits per heavy atom. The van der Waals surface area contributed by atoms with Gasteiger partial charge in [0.2, 0.25) is 11.7 Å². The van der Waals surface area contributed by atoms with Gasteiger partial charge in [-0.1, -0.05) is 60.1 Å². The van der Waals surface area contributed by atoms with Crippen LogP contribution in [0.1, 0.15) is 46.1 Å². The number of nitrogens with one attached hydrogen (secondary N) is 1. The fourth-order valence-electron chi connectivity index (χ4n) is 5.86. The molecule has 0 atom stereocenters. The minimum Gasteiger partial charge on any atom is -0.417 e. The number of alkyl halides is 3. The van der Waals surface area contributed by atoms with E-state index >= 15 is 0 Å². The molecule has 0 bridgehead atoms. The average Bonchev–Trinajstić information content (AvgIpc) is 3.54. The number of piperazine rings is 1. The summed E-state index contributed by atoms with van der Waals surface area (Å²) in [5.74, 6) is -1.06. The standard InChI is InChI=1S/C33H32ClF3N6O3/c34-26-9-5-4-8-24(26)20-28(44)42-18-16-41(17-19-42)27-11-10-25(21-38-27)39-31(45)29-30(33(35,36)37)40-32(46-29)43-14-12-23(13-15-43)22-6-2-1-3-7-22/h1-11,21,23H,12-20H2,(H,39,45). The number of hydrogen-bond acceptors (Lipinski definition) is 7. The Labute approximate surface area is 269 Å². The predicted molar refractivity (Wildman–Crippen MR) is 168 cm³/mol. The fourth-order valence-corrected chi connectivity index (χ4v) is 6.06. The van der Waals surface area contributed by atoms with Gasteiger partial charge in [0.05, 0.1) is 18.3 Å². The number of oxazole rings is 1. The Balaban J connectivity index is 1.06. The smallest absolute Gasteiger partial charge is 0.417 e. The number of amides is 2. The van der Waals surface area contributed by atoms with E-state index in [-0.39, 0.29) is 24.0 Å². The van der Waals surface area contributed by atoms with Gasteiger partial charge in [-0.25, -0.2) is 4.98 Å². The van der Waals surface area contributed by atoms with E-state index in [1.807, 2.05) is 53.4 Å². The zero-order chi connectivity index (χ0) is 32.3. The van der Waals surface area contributed by atoms with Crippen molar-refractivity contribution in [3.05, 3.63) is 101 Å². The molecule has 4 aromatic rings. The second-order valence-electron chi connectivity index (χ2n) is 11.3. The van der Waals surface area contributed by atoms with Crippen molar-refractivity contribution in [1.29, 1.82) is 0 Å². The summed E-state index contributed by atoms with van der Waals surface area (Å²) in [7, 11) is 0. The van der Waals surface area contributed by atoms with Crippen molar-refractivity contribution in [3.8, 4) is 0 Å². The summed E-state index contributed by atoms with van der Waals surface area (Å²) < 4.78 is 47.2. The molecule has 6 rings (SSSR count). The van der Waals surface area contributed by atoms with Crippen LogP contribution in [0.3, 0.4) is 0 Å². The van der Waals surface area contributed by atoms with E-state index in [2.05, 4.69) is 15.3 Å². The lowest BCUT2D eigenvalue weighted by atomic mass is 9.90. The van der Waals surface area contributed by atoms with Crippen LogP contribution in [0.2, 0.25) is 5.02 Å². The average molecular weight is 653 g/mol. The van der Waals surface area contributed by atoms with E-state index in [0.717, 1.165) is 18.4 Å². The molecule has 2 aromatic heterocycles. The van der Waals surface area contributed by atoms with E-state index in [0.29, 0.717) is 56.0 Å². The summed E-state index contributed by atoms with van der Waals surface area (Å²) in [6, 6.07) is 20.2. The first-order valence-electron chi connectivity index (χ1n) is 15.1. The number of rotatable bonds is 7. The third-order valence-electron chi connectivity index (χ3n) is 8.39. The van der Waals surface area contributed by atoms with Gasteiger partial charge in [-0.15, -0.1) is 0 Å². The normalized spacial score (nSPS) is 16.0. The van der Waals surface area contributed by atoms with Gasteiger partial charge in [0, 0.05) is 44.3 Å². The zero-order valence-corrected chi connectivity index (χ0v) is 25.6. The van der Waals surface area contributed by atoms with Gasteiger partial charge in [0.15, 0.2) is 5.69 Å². The summed E-state index contributed by atoms with van der Waals surface area (Å²) in [5.41, 5.74) is 0.809. The first-order valence-corrected chi connectivity index (χ1v) is 15.4. The van der Waals surface area contributed by atoms with E-state index in [1.165, 1.54) is 11.8 Å². The van der Waals surface area contributed by atoms with E-state index in [4.69, 9.17) is 16.0 Å². The second-order valence-corrected chi connectivity index (χ2v) is 11.7. The Hall–Kier alpha value is -4.58. The van der Waals surface area contributed by atoms with E-state index in [1.54, 1.807) is 28.0 Å². The number of aromatic nitrogens is 2. The highest BCUT2D eigenvalue weighted by atomic mass is 35.5. The van der Waals surface area contributed by atoms with Crippen molar-refractivity contribution in [2.75, 3.05) is 54.4 Å². The van der Waals surface area contributed by atoms with E-state index in [9.17, 15) is 22.8 Å². The number of carbonyl (C=O) groups is 2. The number of pyridine rings is 1. The summed E-state index contributed by atoms with van der Waals surface area (Å²) in [4.78, 5) is 39.3. The molecule has 9 nitrogen and oxygen atoms in total. The van der Waals surface area contributed by atoms with Gasteiger partial charge in [-0.3, -0.25) is 9.59 Å². The van der Waals surface area contributed by atoms with Crippen molar-refractivity contribution in [2.45, 2.75) is 31.4 Å². The first kappa shape index (κ1) is 31.4. The van der Waals surface area contributed by atoms with Gasteiger partial charge in [0.1, 0.15) is 5.82 Å². The predicted octanol–water partition coefficient (Wildman–Crippen LogP) is 6.27. The number of piperidine rings is 1. The Bertz CT molecular complexity index is 1670. The van der Waals surface area contributed by atoms with Crippen molar-refractivity contribution >= 4 is 40.9 Å². The molecule has 2 saturated heterocycles. The molecule has 0 spiro atoms. The fraction of sp³-hybridized carbons (Fsp3) is 0.333. The maximum absolute atomic E-state index is 13.9. The van der Waals surface area contributed by atoms with Crippen LogP contribution >= 0.6 is 11.6 Å². The number of halogens is 4. The highest BCUT2D eigenvalue weighted by molar-refractivity contribution is 6.31. The molecule has 0 aliphatic carbocycles. The Kier molecular flexibility index (Phi) is 9.16. The minimum atomic E-state index is -4.88. The van der Waals surface area contributed by atoms with Crippen LogP contribution < -0.4 is 15.1 Å². The molecule has 2 fully saturated rings. The molecule has 13 heteroatoms. The van der Waals surface area contributed by atoms with Gasteiger partial charge in [0.25, 0.3) is 11.9 Å². The van der Waals surface area contributed by atoms with Crippen LogP contribution in [0.15, 0.2) is 77.3 Å². The number of carbonyl (C=O) groups excluding carboxylic acids is 2. The Morgan fingerprint density at radius 1 is 0.891 bits per heavy atom. The van der Waals surface area contributed by atoms with Crippen LogP contribution in [0, 0.1) is 0 Å². The molecular weight excluding hydrogens is 621 g/mol. The van der Waals surface area contributed by atoms with Crippen molar-refractivity contribution in [3.63, 3.8) is 0 Å². The molecule has 1 N–H and O–H groups in total. The molecule has 2 amide bonds. The lowest BCUT2D eigenvalue weighted by Crippen LogP contribution is -2.49. The quantitative estimate of drug-likeness (QED) is 0.252. The molecular formula is C33H32ClF3N6O3. The van der Waals surface area contributed by atoms with Crippen LogP contribution in [0.25, 0.3) is 0 Å². The summed E-state index contributed by atoms with van der Waals surface area (Å²) in [6.07, 6.45) is -1.83. The van der Waals surface area contributed by atoms with Gasteiger partial charge in [-0.05, 0) is 48.1 Å². The molecule has 46 heavy (non-hydrogen) atoms. The molecule has 0 radical (unpaired) electrons. The Morgan fingerprint density at radius 3 is 2.24 bits per heavy atom. The minimum absolute atomic E-state index is 0.00997. The lowest BCUT2D eigenvalue weighted by molar-refractivity contribution is -0.141. The van der Waals surface area contributed by atoms with Crippen molar-refractivity contribution in [2.24, 2.45) is 0 Å². The third kappa shape index (κ3) is 7.12. The van der Waals surface area contributed by atoms with Gasteiger partial charge >= 0.3 is 6.18 Å². The lowest BCUT2D eigenvalue weighted by Gasteiger charge is -2.35. The largest absolute Gasteiger partial charge is 0.437 e. The number of anilines is 3. The van der Waals surface area contributed by atoms with Crippen LogP contribution in [0.5, 0.6) is 0 Å². The van der Waals surface area contributed by atoms with Crippen molar-refractivity contribution in [1.82, 2.24) is 14.9 Å². The maximum Gasteiger partial charge on any atom is 0.437 e. The van der Waals surface area contributed by atoms with Gasteiger partial charge in [-0.2, -0.15) is 18.2 Å². The topological polar surface area (TPSA) is 94.8 Å². The second kappa shape index (κ2) is 13.4. The molecule has 2 aliphatic rings. The highest BCUT2D eigenvalue weighted by Crippen LogP contribution is 2.36. The third-order valence-corrected chi connectivity index (χ3v) is 8.76. The van der Waals surface area contributed by atoms with Crippen LogP contribution in [0.4, 0.5) is 30.7 Å². The summed E-state index contributed by atoms with van der Waals surface area (Å²) in [6.45, 7) is 3.00. The van der Waals surface area contributed by atoms with Crippen LogP contribution in [-0.2, 0) is 17.4 Å². The molecule has 4 heterocycles. The number of hydrogen-bond donors (Lipinski definition) is 1. The monoisotopic (exact) mass is 652 g/mol. The summed E-state index contributed by atoms with van der Waals surface area (Å²) in [5, 5.41) is 3.02. The van der Waals surface area contributed by atoms with E-state index < -0.39 is 23.5 Å². The molecule has 0 unspecified atom stereocenters. The number of nitrogens with zero attached hydrogens (tertiary/aromatic N) is 5. The highest BCUT2D eigenvalue weighted by Gasteiger charge is 2.42. The first-order chi connectivity index (χ1) is 22.2. The summed E-state index contributed by atoms with van der Waals surface area (Å²) >= 11 is 6.20. The molecule has 240 valence electrons. The van der Waals surface area contributed by atoms with Crippen molar-refractivity contribution < 1.29 is 27.2 Å². The number of benzene rings is 2. The maximum atomic E-state index is 13.9. The SMILES string of the molecule is O=C(Nc1ccc(N2CCN(C(=O)Cc3ccccc3Cl)CC2)nc1)c1oc(N2CCC(c3ccccc3)CC2)nc1C(F)(F)F. The molecule has 0 saturated carbocycles. The molecule has 2 aromatic carbocycles. The zero-order valence-electron chi connectivity index (χ0n) is 24.8. The van der Waals surface area contributed by atoms with Gasteiger partial charge < -0.3 is 24.4 Å². The van der Waals surface area contributed by atoms with Crippen LogP contribution in [-0.4, -0.2) is 66.0 Å².